The van der Waals surface area contributed by atoms with E-state index in [9.17, 15) is 0 Å². The summed E-state index contributed by atoms with van der Waals surface area (Å²) in [6.07, 6.45) is 4.25. The van der Waals surface area contributed by atoms with Gasteiger partial charge >= 0.3 is 0 Å². The zero-order valence-electron chi connectivity index (χ0n) is 38.1. The van der Waals surface area contributed by atoms with E-state index in [0.29, 0.717) is 30.2 Å². The van der Waals surface area contributed by atoms with Crippen LogP contribution < -0.4 is 10.6 Å². The van der Waals surface area contributed by atoms with Crippen LogP contribution in [0.5, 0.6) is 0 Å². The average molecular weight is 742 g/mol. The molecule has 2 aromatic rings. The molecule has 1 aliphatic rings. The Morgan fingerprint density at radius 3 is 1.38 bits per heavy atom. The summed E-state index contributed by atoms with van der Waals surface area (Å²) < 4.78 is 0. The highest BCUT2D eigenvalue weighted by Gasteiger charge is 2.10. The van der Waals surface area contributed by atoms with Gasteiger partial charge in [-0.05, 0) is 120 Å². The van der Waals surface area contributed by atoms with Crippen LogP contribution >= 0.6 is 0 Å². The Labute approximate surface area is 332 Å². The van der Waals surface area contributed by atoms with Gasteiger partial charge in [-0.1, -0.05) is 109 Å². The molecule has 2 N–H and O–H groups in total. The van der Waals surface area contributed by atoms with Gasteiger partial charge in [-0.15, -0.1) is 0 Å². The van der Waals surface area contributed by atoms with Crippen molar-refractivity contribution in [3.05, 3.63) is 71.8 Å². The highest BCUT2D eigenvalue weighted by Crippen LogP contribution is 2.08. The molecular formula is C46H91N7. The van der Waals surface area contributed by atoms with Crippen molar-refractivity contribution in [2.45, 2.75) is 146 Å². The SMILES string of the molecule is CC(C)N(C)C.CC(C)N(CCN(C)C)Cc1ccccc1.CC(C)NCCN1CCCCC1.CC(C)NCc1ccccc1.CCN(CC)C(C)C. The summed E-state index contributed by atoms with van der Waals surface area (Å²) in [4.78, 5) is 11.9. The van der Waals surface area contributed by atoms with Crippen molar-refractivity contribution >= 4 is 0 Å². The molecule has 1 aliphatic heterocycles. The molecule has 0 unspecified atom stereocenters. The van der Waals surface area contributed by atoms with Crippen LogP contribution in [-0.2, 0) is 13.1 Å². The molecule has 0 saturated carbocycles. The molecule has 0 radical (unpaired) electrons. The average Bonchev–Trinajstić information content (AvgIpc) is 3.11. The molecule has 7 nitrogen and oxygen atoms in total. The second-order valence-electron chi connectivity index (χ2n) is 16.3. The minimum atomic E-state index is 0.565. The van der Waals surface area contributed by atoms with E-state index in [1.54, 1.807) is 0 Å². The first-order chi connectivity index (χ1) is 25.0. The number of hydrogen-bond acceptors (Lipinski definition) is 7. The molecule has 53 heavy (non-hydrogen) atoms. The number of likely N-dealkylation sites (N-methyl/N-ethyl adjacent to an activating group) is 1. The zero-order chi connectivity index (χ0) is 40.6. The number of nitrogens with one attached hydrogen (secondary N) is 2. The van der Waals surface area contributed by atoms with Crippen molar-refractivity contribution in [3.63, 3.8) is 0 Å². The Hall–Kier alpha value is -1.84. The summed E-state index contributed by atoms with van der Waals surface area (Å²) in [7, 11) is 8.40. The largest absolute Gasteiger partial charge is 0.313 e. The van der Waals surface area contributed by atoms with Crippen LogP contribution in [0.3, 0.4) is 0 Å². The standard InChI is InChI=1S/C14H24N2.C10H22N2.C10H15N.C7H17N.C5H13N/c1-13(2)16(11-10-15(3)4)12-14-8-6-5-7-9-14;1-10(2)11-6-9-12-7-4-3-5-8-12;1-9(2)11-8-10-6-4-3-5-7-10;1-5-8(6-2)7(3)4;1-5(2)6(3)4/h5-9,13H,10-12H2,1-4H3;10-11H,3-9H2,1-2H3;3-7,9,11H,8H2,1-2H3;7H,5-6H2,1-4H3;5H,1-4H3. The van der Waals surface area contributed by atoms with E-state index in [-0.39, 0.29) is 0 Å². The summed E-state index contributed by atoms with van der Waals surface area (Å²) >= 11 is 0. The van der Waals surface area contributed by atoms with Crippen LogP contribution in [0.15, 0.2) is 60.7 Å². The molecule has 0 amide bonds. The first-order valence-electron chi connectivity index (χ1n) is 21.1. The number of nitrogens with zero attached hydrogens (tertiary/aromatic N) is 5. The topological polar surface area (TPSA) is 40.3 Å². The first kappa shape index (κ1) is 53.3. The molecule has 310 valence electrons. The van der Waals surface area contributed by atoms with Gasteiger partial charge in [0.05, 0.1) is 0 Å². The summed E-state index contributed by atoms with van der Waals surface area (Å²) in [6, 6.07) is 24.3. The lowest BCUT2D eigenvalue weighted by atomic mass is 10.1. The maximum absolute atomic E-state index is 3.45. The maximum Gasteiger partial charge on any atom is 0.0236 e. The summed E-state index contributed by atoms with van der Waals surface area (Å²) in [5, 5.41) is 6.81. The summed E-state index contributed by atoms with van der Waals surface area (Å²) in [5.41, 5.74) is 2.75. The molecule has 2 aromatic carbocycles. The van der Waals surface area contributed by atoms with Crippen molar-refractivity contribution in [1.82, 2.24) is 35.1 Å². The number of likely N-dealkylation sites (tertiary alicyclic amines) is 1. The second kappa shape index (κ2) is 34.6. The van der Waals surface area contributed by atoms with Gasteiger partial charge in [0, 0.05) is 69.5 Å². The minimum absolute atomic E-state index is 0.565. The van der Waals surface area contributed by atoms with E-state index >= 15 is 0 Å². The van der Waals surface area contributed by atoms with Crippen molar-refractivity contribution < 1.29 is 0 Å². The predicted molar refractivity (Wildman–Crippen MR) is 239 cm³/mol. The van der Waals surface area contributed by atoms with Gasteiger partial charge in [0.25, 0.3) is 0 Å². The van der Waals surface area contributed by atoms with Crippen molar-refractivity contribution in [1.29, 1.82) is 0 Å². The van der Waals surface area contributed by atoms with E-state index in [0.717, 1.165) is 32.7 Å². The van der Waals surface area contributed by atoms with Crippen molar-refractivity contribution in [2.75, 3.05) is 80.5 Å². The third kappa shape index (κ3) is 34.4. The van der Waals surface area contributed by atoms with Gasteiger partial charge in [-0.2, -0.15) is 0 Å². The number of hydrogen-bond donors (Lipinski definition) is 2. The van der Waals surface area contributed by atoms with Crippen LogP contribution in [0.4, 0.5) is 0 Å². The highest BCUT2D eigenvalue weighted by molar-refractivity contribution is 5.15. The summed E-state index contributed by atoms with van der Waals surface area (Å²) in [5.74, 6) is 0. The molecule has 0 aromatic heterocycles. The van der Waals surface area contributed by atoms with E-state index in [2.05, 4.69) is 201 Å². The predicted octanol–water partition coefficient (Wildman–Crippen LogP) is 8.81. The molecule has 7 heteroatoms. The van der Waals surface area contributed by atoms with E-state index < -0.39 is 0 Å². The lowest BCUT2D eigenvalue weighted by Crippen LogP contribution is -2.37. The highest BCUT2D eigenvalue weighted by atomic mass is 15.2. The van der Waals surface area contributed by atoms with E-state index in [4.69, 9.17) is 0 Å². The number of benzene rings is 2. The Balaban J connectivity index is 0. The Morgan fingerprint density at radius 2 is 1.02 bits per heavy atom. The Morgan fingerprint density at radius 1 is 0.566 bits per heavy atom. The molecule has 0 spiro atoms. The van der Waals surface area contributed by atoms with Crippen LogP contribution in [-0.4, -0.2) is 135 Å². The Bertz CT molecular complexity index is 993. The van der Waals surface area contributed by atoms with E-state index in [1.165, 1.54) is 63.1 Å². The minimum Gasteiger partial charge on any atom is -0.313 e. The number of rotatable bonds is 17. The maximum atomic E-state index is 3.45. The first-order valence-corrected chi connectivity index (χ1v) is 21.1. The quantitative estimate of drug-likeness (QED) is 0.168. The number of piperidine rings is 1. The van der Waals surface area contributed by atoms with Crippen molar-refractivity contribution in [2.24, 2.45) is 0 Å². The molecule has 0 atom stereocenters. The molecule has 1 fully saturated rings. The lowest BCUT2D eigenvalue weighted by molar-refractivity contribution is 0.191. The van der Waals surface area contributed by atoms with Gasteiger partial charge in [-0.25, -0.2) is 0 Å². The third-order valence-electron chi connectivity index (χ3n) is 9.36. The lowest BCUT2D eigenvalue weighted by Gasteiger charge is -2.27. The molecule has 3 rings (SSSR count). The fourth-order valence-electron chi connectivity index (χ4n) is 5.23. The van der Waals surface area contributed by atoms with Crippen molar-refractivity contribution in [3.8, 4) is 0 Å². The van der Waals surface area contributed by atoms with Crippen LogP contribution in [0.2, 0.25) is 0 Å². The molecular weight excluding hydrogens is 651 g/mol. The smallest absolute Gasteiger partial charge is 0.0236 e. The van der Waals surface area contributed by atoms with Crippen LogP contribution in [0, 0.1) is 0 Å². The van der Waals surface area contributed by atoms with Gasteiger partial charge in [0.15, 0.2) is 0 Å². The van der Waals surface area contributed by atoms with Gasteiger partial charge in [0.1, 0.15) is 0 Å². The molecule has 0 aliphatic carbocycles. The van der Waals surface area contributed by atoms with Gasteiger partial charge < -0.3 is 30.2 Å². The van der Waals surface area contributed by atoms with Crippen LogP contribution in [0.1, 0.15) is 113 Å². The van der Waals surface area contributed by atoms with E-state index in [1.807, 2.05) is 6.07 Å². The molecule has 0 bridgehead atoms. The third-order valence-corrected chi connectivity index (χ3v) is 9.36. The van der Waals surface area contributed by atoms with Gasteiger partial charge in [0.2, 0.25) is 0 Å². The fraction of sp³-hybridized carbons (Fsp3) is 0.739. The fourth-order valence-corrected chi connectivity index (χ4v) is 5.23. The molecule has 1 heterocycles. The van der Waals surface area contributed by atoms with Crippen LogP contribution in [0.25, 0.3) is 0 Å². The normalized spacial score (nSPS) is 13.2. The second-order valence-corrected chi connectivity index (χ2v) is 16.3. The zero-order valence-corrected chi connectivity index (χ0v) is 38.1. The molecule has 1 saturated heterocycles. The van der Waals surface area contributed by atoms with Gasteiger partial charge in [-0.3, -0.25) is 4.90 Å². The monoisotopic (exact) mass is 742 g/mol. The Kier molecular flexibility index (Phi) is 34.8. The summed E-state index contributed by atoms with van der Waals surface area (Å²) in [6.45, 7) is 38.1.